The minimum Gasteiger partial charge on any atom is -0.393 e. The predicted molar refractivity (Wildman–Crippen MR) is 121 cm³/mol. The van der Waals surface area contributed by atoms with Crippen LogP contribution < -0.4 is 0 Å². The molecule has 5 atom stereocenters. The summed E-state index contributed by atoms with van der Waals surface area (Å²) in [6.45, 7) is 14.1. The van der Waals surface area contributed by atoms with Gasteiger partial charge in [-0.25, -0.2) is 0 Å². The van der Waals surface area contributed by atoms with E-state index in [2.05, 4.69) is 46.4 Å². The van der Waals surface area contributed by atoms with Crippen molar-refractivity contribution in [2.75, 3.05) is 0 Å². The predicted octanol–water partition coefficient (Wildman–Crippen LogP) is 7.62. The van der Waals surface area contributed by atoms with E-state index in [1.807, 2.05) is 0 Å². The highest BCUT2D eigenvalue weighted by molar-refractivity contribution is 5.36. The molecule has 3 aliphatic carbocycles. The van der Waals surface area contributed by atoms with Gasteiger partial charge in [0.25, 0.3) is 0 Å². The number of allylic oxidation sites excluding steroid dienone is 4. The SMILES string of the molecule is C=C1CC[C@H](O)C/C1=C/C=C1/CCC[C@]2(C)C([C@H](C)CCCC(C)C)CC[C@@H]12. The first-order chi connectivity index (χ1) is 13.3. The van der Waals surface area contributed by atoms with Gasteiger partial charge in [-0.05, 0) is 86.0 Å². The fraction of sp³-hybridized carbons (Fsp3) is 0.778. The van der Waals surface area contributed by atoms with Crippen molar-refractivity contribution in [3.63, 3.8) is 0 Å². The molecular weight excluding hydrogens is 340 g/mol. The summed E-state index contributed by atoms with van der Waals surface area (Å²) in [4.78, 5) is 0. The Balaban J connectivity index is 1.70. The zero-order valence-electron chi connectivity index (χ0n) is 19.0. The minimum absolute atomic E-state index is 0.172. The van der Waals surface area contributed by atoms with Crippen LogP contribution in [0.15, 0.2) is 35.5 Å². The Labute approximate surface area is 174 Å². The molecule has 0 aliphatic heterocycles. The molecule has 0 heterocycles. The summed E-state index contributed by atoms with van der Waals surface area (Å²) in [6, 6.07) is 0. The molecule has 1 N–H and O–H groups in total. The van der Waals surface area contributed by atoms with Crippen LogP contribution in [-0.2, 0) is 0 Å². The molecule has 3 fully saturated rings. The first kappa shape index (κ1) is 21.9. The van der Waals surface area contributed by atoms with Crippen molar-refractivity contribution in [1.29, 1.82) is 0 Å². The molecule has 0 aromatic rings. The lowest BCUT2D eigenvalue weighted by molar-refractivity contribution is 0.0929. The average Bonchev–Trinajstić information content (AvgIpc) is 2.99. The van der Waals surface area contributed by atoms with Crippen LogP contribution in [-0.4, -0.2) is 11.2 Å². The lowest BCUT2D eigenvalue weighted by atomic mass is 9.60. The molecule has 158 valence electrons. The van der Waals surface area contributed by atoms with E-state index in [0.29, 0.717) is 5.41 Å². The lowest BCUT2D eigenvalue weighted by Gasteiger charge is -2.44. The Bertz CT molecular complexity index is 610. The second kappa shape index (κ2) is 9.33. The number of aliphatic hydroxyl groups excluding tert-OH is 1. The molecule has 0 amide bonds. The van der Waals surface area contributed by atoms with Gasteiger partial charge in [0, 0.05) is 0 Å². The zero-order chi connectivity index (χ0) is 20.3. The van der Waals surface area contributed by atoms with Crippen LogP contribution in [0.3, 0.4) is 0 Å². The Hall–Kier alpha value is -0.820. The highest BCUT2D eigenvalue weighted by atomic mass is 16.3. The van der Waals surface area contributed by atoms with E-state index in [0.717, 1.165) is 42.9 Å². The van der Waals surface area contributed by atoms with Crippen molar-refractivity contribution in [2.24, 2.45) is 29.1 Å². The third-order valence-corrected chi connectivity index (χ3v) is 8.35. The van der Waals surface area contributed by atoms with Gasteiger partial charge in [-0.3, -0.25) is 0 Å². The number of hydrogen-bond acceptors (Lipinski definition) is 1. The molecule has 0 bridgehead atoms. The van der Waals surface area contributed by atoms with Gasteiger partial charge in [0.05, 0.1) is 6.10 Å². The topological polar surface area (TPSA) is 20.2 Å². The van der Waals surface area contributed by atoms with E-state index < -0.39 is 0 Å². The van der Waals surface area contributed by atoms with Gasteiger partial charge in [0.1, 0.15) is 0 Å². The van der Waals surface area contributed by atoms with Crippen molar-refractivity contribution >= 4 is 0 Å². The van der Waals surface area contributed by atoms with Crippen LogP contribution in [0.4, 0.5) is 0 Å². The Kier molecular flexibility index (Phi) is 7.29. The van der Waals surface area contributed by atoms with E-state index in [1.165, 1.54) is 62.5 Å². The average molecular weight is 385 g/mol. The van der Waals surface area contributed by atoms with E-state index >= 15 is 0 Å². The first-order valence-electron chi connectivity index (χ1n) is 12.1. The largest absolute Gasteiger partial charge is 0.393 e. The maximum absolute atomic E-state index is 10.0. The second-order valence-electron chi connectivity index (χ2n) is 10.8. The van der Waals surface area contributed by atoms with Gasteiger partial charge in [0.15, 0.2) is 0 Å². The molecule has 28 heavy (non-hydrogen) atoms. The Morgan fingerprint density at radius 2 is 1.89 bits per heavy atom. The van der Waals surface area contributed by atoms with Gasteiger partial charge in [-0.15, -0.1) is 0 Å². The van der Waals surface area contributed by atoms with E-state index in [4.69, 9.17) is 0 Å². The zero-order valence-corrected chi connectivity index (χ0v) is 19.0. The smallest absolute Gasteiger partial charge is 0.0583 e. The molecule has 3 rings (SSSR count). The standard InChI is InChI=1S/C27H44O/c1-19(2)8-6-9-21(4)25-15-16-26-22(10-7-17-27(25,26)5)12-13-23-18-24(28)14-11-20(23)3/h12-13,19,21,24-26,28H,3,6-11,14-18H2,1-2,4-5H3/b22-12-,23-13-/t21-,24+,25?,26+,27-/m1/s1. The van der Waals surface area contributed by atoms with Crippen LogP contribution in [0.2, 0.25) is 0 Å². The van der Waals surface area contributed by atoms with Crippen molar-refractivity contribution in [2.45, 2.75) is 104 Å². The van der Waals surface area contributed by atoms with Gasteiger partial charge < -0.3 is 5.11 Å². The third kappa shape index (κ3) is 4.84. The van der Waals surface area contributed by atoms with Gasteiger partial charge >= 0.3 is 0 Å². The molecule has 3 aliphatic rings. The maximum atomic E-state index is 10.0. The van der Waals surface area contributed by atoms with Gasteiger partial charge in [0.2, 0.25) is 0 Å². The van der Waals surface area contributed by atoms with Crippen molar-refractivity contribution in [3.8, 4) is 0 Å². The van der Waals surface area contributed by atoms with Crippen LogP contribution in [0.5, 0.6) is 0 Å². The van der Waals surface area contributed by atoms with Crippen LogP contribution in [0.25, 0.3) is 0 Å². The molecule has 0 spiro atoms. The van der Waals surface area contributed by atoms with Gasteiger partial charge in [-0.1, -0.05) is 76.8 Å². The summed E-state index contributed by atoms with van der Waals surface area (Å²) in [5, 5.41) is 10.0. The van der Waals surface area contributed by atoms with Crippen molar-refractivity contribution in [1.82, 2.24) is 0 Å². The fourth-order valence-electron chi connectivity index (χ4n) is 6.66. The second-order valence-corrected chi connectivity index (χ2v) is 10.8. The number of aliphatic hydroxyl groups is 1. The summed E-state index contributed by atoms with van der Waals surface area (Å²) in [6.07, 6.45) is 18.2. The summed E-state index contributed by atoms with van der Waals surface area (Å²) in [5.74, 6) is 3.37. The summed E-state index contributed by atoms with van der Waals surface area (Å²) < 4.78 is 0. The van der Waals surface area contributed by atoms with Crippen LogP contribution in [0, 0.1) is 29.1 Å². The van der Waals surface area contributed by atoms with E-state index in [1.54, 1.807) is 5.57 Å². The highest BCUT2D eigenvalue weighted by Crippen LogP contribution is 2.59. The molecule has 3 saturated carbocycles. The van der Waals surface area contributed by atoms with Gasteiger partial charge in [-0.2, -0.15) is 0 Å². The molecule has 1 nitrogen and oxygen atoms in total. The summed E-state index contributed by atoms with van der Waals surface area (Å²) in [5.41, 5.74) is 4.72. The maximum Gasteiger partial charge on any atom is 0.0583 e. The highest BCUT2D eigenvalue weighted by Gasteiger charge is 2.50. The fourth-order valence-corrected chi connectivity index (χ4v) is 6.66. The summed E-state index contributed by atoms with van der Waals surface area (Å²) in [7, 11) is 0. The Morgan fingerprint density at radius 3 is 2.64 bits per heavy atom. The first-order valence-corrected chi connectivity index (χ1v) is 12.1. The van der Waals surface area contributed by atoms with Crippen LogP contribution in [0.1, 0.15) is 98.3 Å². The molecule has 0 radical (unpaired) electrons. The quantitative estimate of drug-likeness (QED) is 0.499. The normalized spacial score (nSPS) is 37.6. The lowest BCUT2D eigenvalue weighted by Crippen LogP contribution is -2.36. The molecule has 0 aromatic heterocycles. The molecule has 0 saturated heterocycles. The summed E-state index contributed by atoms with van der Waals surface area (Å²) >= 11 is 0. The monoisotopic (exact) mass is 384 g/mol. The minimum atomic E-state index is -0.172. The number of fused-ring (bicyclic) bond motifs is 1. The molecule has 1 unspecified atom stereocenters. The van der Waals surface area contributed by atoms with E-state index in [-0.39, 0.29) is 6.10 Å². The Morgan fingerprint density at radius 1 is 1.11 bits per heavy atom. The van der Waals surface area contributed by atoms with Crippen molar-refractivity contribution < 1.29 is 5.11 Å². The number of rotatable bonds is 6. The third-order valence-electron chi connectivity index (χ3n) is 8.35. The van der Waals surface area contributed by atoms with E-state index in [9.17, 15) is 5.11 Å². The molecular formula is C27H44O. The van der Waals surface area contributed by atoms with Crippen molar-refractivity contribution in [3.05, 3.63) is 35.5 Å². The molecule has 0 aromatic carbocycles. The van der Waals surface area contributed by atoms with Crippen LogP contribution >= 0.6 is 0 Å². The number of hydrogen-bond donors (Lipinski definition) is 1. The molecule has 1 heteroatoms.